The number of amides is 1. The number of hydrogen-bond acceptors (Lipinski definition) is 7. The molecule has 29 heavy (non-hydrogen) atoms. The number of carbonyl (C=O) groups excluding carboxylic acids is 1. The lowest BCUT2D eigenvalue weighted by Crippen LogP contribution is -2.30. The van der Waals surface area contributed by atoms with Crippen molar-refractivity contribution in [2.75, 3.05) is 18.8 Å². The van der Waals surface area contributed by atoms with E-state index in [9.17, 15) is 13.2 Å². The van der Waals surface area contributed by atoms with Crippen LogP contribution in [0.25, 0.3) is 5.65 Å². The highest BCUT2D eigenvalue weighted by Gasteiger charge is 2.23. The molecule has 0 radical (unpaired) electrons. The third kappa shape index (κ3) is 4.92. The van der Waals surface area contributed by atoms with Crippen LogP contribution in [0.1, 0.15) is 19.5 Å². The lowest BCUT2D eigenvalue weighted by molar-refractivity contribution is -0.118. The molecule has 11 heteroatoms. The first kappa shape index (κ1) is 21.2. The van der Waals surface area contributed by atoms with E-state index in [-0.39, 0.29) is 16.6 Å². The number of pyridine rings is 2. The van der Waals surface area contributed by atoms with Gasteiger partial charge in [-0.2, -0.15) is 4.31 Å². The van der Waals surface area contributed by atoms with Crippen molar-refractivity contribution in [2.45, 2.75) is 30.4 Å². The first-order chi connectivity index (χ1) is 14.0. The molecule has 154 valence electrons. The van der Waals surface area contributed by atoms with Crippen LogP contribution in [0, 0.1) is 0 Å². The van der Waals surface area contributed by atoms with Gasteiger partial charge >= 0.3 is 0 Å². The average Bonchev–Trinajstić information content (AvgIpc) is 3.14. The molecule has 0 aliphatic carbocycles. The molecule has 0 saturated carbocycles. The Labute approximate surface area is 173 Å². The number of hydrogen-bond donors (Lipinski definition) is 1. The third-order valence-electron chi connectivity index (χ3n) is 4.21. The van der Waals surface area contributed by atoms with Crippen molar-refractivity contribution in [1.82, 2.24) is 29.2 Å². The Bertz CT molecular complexity index is 1080. The number of carbonyl (C=O) groups is 1. The van der Waals surface area contributed by atoms with Crippen molar-refractivity contribution in [3.8, 4) is 0 Å². The molecular weight excluding hydrogens is 412 g/mol. The van der Waals surface area contributed by atoms with Gasteiger partial charge in [0.15, 0.2) is 10.8 Å². The van der Waals surface area contributed by atoms with Crippen LogP contribution in [0.5, 0.6) is 0 Å². The molecule has 3 rings (SSSR count). The van der Waals surface area contributed by atoms with Gasteiger partial charge in [0.05, 0.1) is 22.9 Å². The maximum atomic E-state index is 12.8. The standard InChI is InChI=1S/C18H22N6O3S2/c1-3-23(4-2)29(26,27)15-8-9-16-21-22-18(24(16)12-15)28-13-17(25)20-11-14-7-5-6-10-19-14/h5-10,12H,3-4,11,13H2,1-2H3,(H,20,25). The fraction of sp³-hybridized carbons (Fsp3) is 0.333. The van der Waals surface area contributed by atoms with E-state index in [1.165, 1.54) is 28.3 Å². The summed E-state index contributed by atoms with van der Waals surface area (Å²) in [5, 5.41) is 11.4. The Morgan fingerprint density at radius 1 is 1.17 bits per heavy atom. The maximum Gasteiger partial charge on any atom is 0.244 e. The minimum atomic E-state index is -3.60. The zero-order valence-corrected chi connectivity index (χ0v) is 17.8. The quantitative estimate of drug-likeness (QED) is 0.509. The number of rotatable bonds is 9. The van der Waals surface area contributed by atoms with Crippen molar-refractivity contribution in [1.29, 1.82) is 0 Å². The maximum absolute atomic E-state index is 12.8. The summed E-state index contributed by atoms with van der Waals surface area (Å²) in [5.74, 6) is -0.0509. The van der Waals surface area contributed by atoms with Crippen molar-refractivity contribution in [3.05, 3.63) is 48.4 Å². The molecule has 3 aromatic rings. The highest BCUT2D eigenvalue weighted by Crippen LogP contribution is 2.21. The third-order valence-corrected chi connectivity index (χ3v) is 7.19. The molecule has 3 aromatic heterocycles. The van der Waals surface area contributed by atoms with E-state index in [0.717, 1.165) is 5.69 Å². The SMILES string of the molecule is CCN(CC)S(=O)(=O)c1ccc2nnc(SCC(=O)NCc3ccccn3)n2c1. The molecule has 0 aliphatic rings. The van der Waals surface area contributed by atoms with Gasteiger partial charge in [0, 0.05) is 25.5 Å². The fourth-order valence-electron chi connectivity index (χ4n) is 2.69. The van der Waals surface area contributed by atoms with Crippen molar-refractivity contribution >= 4 is 33.3 Å². The molecular formula is C18H22N6O3S2. The Morgan fingerprint density at radius 3 is 2.66 bits per heavy atom. The van der Waals surface area contributed by atoms with Gasteiger partial charge in [-0.25, -0.2) is 8.42 Å². The van der Waals surface area contributed by atoms with Gasteiger partial charge in [0.2, 0.25) is 15.9 Å². The Kier molecular flexibility index (Phi) is 6.83. The molecule has 0 atom stereocenters. The first-order valence-corrected chi connectivity index (χ1v) is 11.5. The van der Waals surface area contributed by atoms with Crippen LogP contribution in [0.15, 0.2) is 52.8 Å². The van der Waals surface area contributed by atoms with Gasteiger partial charge in [-0.05, 0) is 24.3 Å². The van der Waals surface area contributed by atoms with E-state index in [2.05, 4.69) is 20.5 Å². The van der Waals surface area contributed by atoms with E-state index in [0.29, 0.717) is 30.4 Å². The van der Waals surface area contributed by atoms with E-state index in [4.69, 9.17) is 0 Å². The number of sulfonamides is 1. The molecule has 9 nitrogen and oxygen atoms in total. The summed E-state index contributed by atoms with van der Waals surface area (Å²) < 4.78 is 28.5. The second kappa shape index (κ2) is 9.33. The van der Waals surface area contributed by atoms with Crippen LogP contribution in [0.3, 0.4) is 0 Å². The molecule has 0 bridgehead atoms. The molecule has 0 spiro atoms. The zero-order valence-electron chi connectivity index (χ0n) is 16.1. The highest BCUT2D eigenvalue weighted by molar-refractivity contribution is 7.99. The second-order valence-corrected chi connectivity index (χ2v) is 8.93. The largest absolute Gasteiger partial charge is 0.350 e. The predicted molar refractivity (Wildman–Crippen MR) is 110 cm³/mol. The summed E-state index contributed by atoms with van der Waals surface area (Å²) in [6.07, 6.45) is 3.17. The summed E-state index contributed by atoms with van der Waals surface area (Å²) in [4.78, 5) is 16.4. The number of nitrogens with one attached hydrogen (secondary N) is 1. The summed E-state index contributed by atoms with van der Waals surface area (Å²) in [6, 6.07) is 8.62. The van der Waals surface area contributed by atoms with Crippen LogP contribution >= 0.6 is 11.8 Å². The smallest absolute Gasteiger partial charge is 0.244 e. The van der Waals surface area contributed by atoms with Gasteiger partial charge in [-0.15, -0.1) is 10.2 Å². The van der Waals surface area contributed by atoms with Gasteiger partial charge in [0.1, 0.15) is 0 Å². The summed E-state index contributed by atoms with van der Waals surface area (Å²) in [5.41, 5.74) is 1.28. The number of thioether (sulfide) groups is 1. The van der Waals surface area contributed by atoms with E-state index < -0.39 is 10.0 Å². The minimum absolute atomic E-state index is 0.126. The van der Waals surface area contributed by atoms with Gasteiger partial charge in [-0.3, -0.25) is 14.2 Å². The highest BCUT2D eigenvalue weighted by atomic mass is 32.2. The summed E-state index contributed by atoms with van der Waals surface area (Å²) >= 11 is 1.19. The minimum Gasteiger partial charge on any atom is -0.350 e. The lowest BCUT2D eigenvalue weighted by Gasteiger charge is -2.18. The van der Waals surface area contributed by atoms with Crippen LogP contribution in [0.2, 0.25) is 0 Å². The Morgan fingerprint density at radius 2 is 1.97 bits per heavy atom. The van der Waals surface area contributed by atoms with Crippen molar-refractivity contribution < 1.29 is 13.2 Å². The topological polar surface area (TPSA) is 110 Å². The van der Waals surface area contributed by atoms with Crippen LogP contribution in [-0.2, 0) is 21.4 Å². The van der Waals surface area contributed by atoms with E-state index in [1.807, 2.05) is 18.2 Å². The molecule has 0 unspecified atom stereocenters. The summed E-state index contributed by atoms with van der Waals surface area (Å²) in [7, 11) is -3.60. The average molecular weight is 435 g/mol. The molecule has 0 saturated heterocycles. The number of nitrogens with zero attached hydrogens (tertiary/aromatic N) is 5. The monoisotopic (exact) mass is 434 g/mol. The Balaban J connectivity index is 1.71. The van der Waals surface area contributed by atoms with E-state index >= 15 is 0 Å². The molecule has 0 fully saturated rings. The molecule has 1 N–H and O–H groups in total. The van der Waals surface area contributed by atoms with Crippen LogP contribution in [-0.4, -0.2) is 57.1 Å². The van der Waals surface area contributed by atoms with Crippen molar-refractivity contribution in [2.24, 2.45) is 0 Å². The lowest BCUT2D eigenvalue weighted by atomic mass is 10.3. The molecule has 0 aromatic carbocycles. The first-order valence-electron chi connectivity index (χ1n) is 9.10. The number of fused-ring (bicyclic) bond motifs is 1. The zero-order chi connectivity index (χ0) is 20.9. The van der Waals surface area contributed by atoms with Crippen molar-refractivity contribution in [3.63, 3.8) is 0 Å². The predicted octanol–water partition coefficient (Wildman–Crippen LogP) is 1.56. The van der Waals surface area contributed by atoms with E-state index in [1.54, 1.807) is 30.5 Å². The van der Waals surface area contributed by atoms with Crippen LogP contribution < -0.4 is 5.32 Å². The van der Waals surface area contributed by atoms with Gasteiger partial charge < -0.3 is 5.32 Å². The molecule has 3 heterocycles. The summed E-state index contributed by atoms with van der Waals surface area (Å²) in [6.45, 7) is 4.70. The second-order valence-electron chi connectivity index (χ2n) is 6.05. The fourth-order valence-corrected chi connectivity index (χ4v) is 4.89. The molecule has 0 aliphatic heterocycles. The molecule has 1 amide bonds. The number of aromatic nitrogens is 4. The Hall–Kier alpha value is -2.50. The normalized spacial score (nSPS) is 11.8. The van der Waals surface area contributed by atoms with Gasteiger partial charge in [0.25, 0.3) is 0 Å². The van der Waals surface area contributed by atoms with Crippen LogP contribution in [0.4, 0.5) is 0 Å². The van der Waals surface area contributed by atoms with Gasteiger partial charge in [-0.1, -0.05) is 31.7 Å².